The molecule has 0 bridgehead atoms. The van der Waals surface area contributed by atoms with Crippen LogP contribution in [0.4, 0.5) is 8.78 Å². The summed E-state index contributed by atoms with van der Waals surface area (Å²) in [5, 5.41) is 3.67. The SMILES string of the molecule is COC(=O)[C@H]1CCC[C@@H]1Sc1ccc(C)cc1O[C@H](C)CCCCNC1CCC(F)(F)CC1. The molecule has 4 nitrogen and oxygen atoms in total. The van der Waals surface area contributed by atoms with Gasteiger partial charge in [0.1, 0.15) is 5.75 Å². The molecule has 1 aromatic rings. The average Bonchev–Trinajstić information content (AvgIpc) is 3.24. The van der Waals surface area contributed by atoms with Gasteiger partial charge in [0.2, 0.25) is 5.92 Å². The predicted molar refractivity (Wildman–Crippen MR) is 129 cm³/mol. The molecular weight excluding hydrogens is 444 g/mol. The van der Waals surface area contributed by atoms with Gasteiger partial charge in [-0.1, -0.05) is 12.5 Å². The van der Waals surface area contributed by atoms with E-state index in [2.05, 4.69) is 37.4 Å². The van der Waals surface area contributed by atoms with Crippen molar-refractivity contribution in [3.63, 3.8) is 0 Å². The van der Waals surface area contributed by atoms with E-state index in [1.165, 1.54) is 7.11 Å². The first-order valence-electron chi connectivity index (χ1n) is 12.4. The van der Waals surface area contributed by atoms with Gasteiger partial charge in [-0.05, 0) is 83.0 Å². The molecule has 0 radical (unpaired) electrons. The summed E-state index contributed by atoms with van der Waals surface area (Å²) >= 11 is 1.74. The summed E-state index contributed by atoms with van der Waals surface area (Å²) < 4.78 is 37.9. The minimum absolute atomic E-state index is 0.00755. The van der Waals surface area contributed by atoms with E-state index >= 15 is 0 Å². The van der Waals surface area contributed by atoms with Crippen LogP contribution in [0.3, 0.4) is 0 Å². The van der Waals surface area contributed by atoms with Crippen LogP contribution in [-0.2, 0) is 9.53 Å². The highest BCUT2D eigenvalue weighted by atomic mass is 32.2. The highest BCUT2D eigenvalue weighted by Crippen LogP contribution is 2.43. The normalized spacial score (nSPS) is 23.9. The Hall–Kier alpha value is -1.34. The molecule has 0 unspecified atom stereocenters. The summed E-state index contributed by atoms with van der Waals surface area (Å²) in [6.07, 6.45) is 7.16. The van der Waals surface area contributed by atoms with Crippen molar-refractivity contribution >= 4 is 17.7 Å². The van der Waals surface area contributed by atoms with E-state index in [1.807, 2.05) is 0 Å². The number of aryl methyl sites for hydroxylation is 1. The fourth-order valence-electron chi connectivity index (χ4n) is 4.84. The quantitative estimate of drug-likeness (QED) is 0.286. The second-order valence-electron chi connectivity index (χ2n) is 9.68. The number of hydrogen-bond donors (Lipinski definition) is 1. The van der Waals surface area contributed by atoms with E-state index in [0.29, 0.717) is 12.8 Å². The lowest BCUT2D eigenvalue weighted by molar-refractivity contribution is -0.144. The zero-order valence-corrected chi connectivity index (χ0v) is 21.0. The number of carbonyl (C=O) groups is 1. The summed E-state index contributed by atoms with van der Waals surface area (Å²) in [4.78, 5) is 13.2. The molecule has 7 heteroatoms. The number of rotatable bonds is 11. The molecule has 33 heavy (non-hydrogen) atoms. The van der Waals surface area contributed by atoms with Crippen molar-refractivity contribution in [2.45, 2.75) is 106 Å². The largest absolute Gasteiger partial charge is 0.490 e. The lowest BCUT2D eigenvalue weighted by atomic mass is 9.92. The fraction of sp³-hybridized carbons (Fsp3) is 0.731. The number of hydrogen-bond acceptors (Lipinski definition) is 5. The first kappa shape index (κ1) is 26.3. The van der Waals surface area contributed by atoms with Gasteiger partial charge in [-0.25, -0.2) is 8.78 Å². The maximum Gasteiger partial charge on any atom is 0.309 e. The number of thioether (sulfide) groups is 1. The monoisotopic (exact) mass is 483 g/mol. The second kappa shape index (κ2) is 12.4. The predicted octanol–water partition coefficient (Wildman–Crippen LogP) is 6.53. The molecule has 0 aromatic heterocycles. The number of methoxy groups -OCH3 is 1. The molecule has 2 saturated carbocycles. The van der Waals surface area contributed by atoms with Crippen molar-refractivity contribution in [3.8, 4) is 5.75 Å². The summed E-state index contributed by atoms with van der Waals surface area (Å²) in [7, 11) is 1.47. The Kier molecular flexibility index (Phi) is 9.86. The van der Waals surface area contributed by atoms with Crippen LogP contribution in [0.25, 0.3) is 0 Å². The molecule has 0 amide bonds. The minimum Gasteiger partial charge on any atom is -0.490 e. The lowest BCUT2D eigenvalue weighted by Gasteiger charge is -2.29. The Labute approximate surface area is 201 Å². The Balaban J connectivity index is 1.43. The molecule has 0 saturated heterocycles. The third-order valence-corrected chi connectivity index (χ3v) is 8.31. The van der Waals surface area contributed by atoms with Crippen LogP contribution in [0.15, 0.2) is 23.1 Å². The Morgan fingerprint density at radius 3 is 2.70 bits per heavy atom. The molecule has 2 aliphatic carbocycles. The molecule has 0 heterocycles. The highest BCUT2D eigenvalue weighted by Gasteiger charge is 2.35. The van der Waals surface area contributed by atoms with Crippen LogP contribution in [0.1, 0.15) is 76.7 Å². The van der Waals surface area contributed by atoms with E-state index in [-0.39, 0.29) is 42.1 Å². The third-order valence-electron chi connectivity index (χ3n) is 6.85. The van der Waals surface area contributed by atoms with Gasteiger partial charge < -0.3 is 14.8 Å². The standard InChI is InChI=1S/C26H39F2NO3S/c1-18-10-11-24(33-23-9-6-8-21(23)25(30)31-3)22(17-18)32-19(2)7-4-5-16-29-20-12-14-26(27,28)15-13-20/h10-11,17,19-21,23,29H,4-9,12-16H2,1-3H3/t19-,21+,23+/m1/s1. The van der Waals surface area contributed by atoms with Crippen molar-refractivity contribution < 1.29 is 23.0 Å². The van der Waals surface area contributed by atoms with Crippen LogP contribution < -0.4 is 10.1 Å². The van der Waals surface area contributed by atoms with Crippen LogP contribution in [0.2, 0.25) is 0 Å². The van der Waals surface area contributed by atoms with Crippen molar-refractivity contribution in [1.82, 2.24) is 5.32 Å². The van der Waals surface area contributed by atoms with Gasteiger partial charge >= 0.3 is 5.97 Å². The summed E-state index contributed by atoms with van der Waals surface area (Å²) in [6.45, 7) is 5.02. The van der Waals surface area contributed by atoms with E-state index in [9.17, 15) is 13.6 Å². The van der Waals surface area contributed by atoms with E-state index in [1.54, 1.807) is 11.8 Å². The van der Waals surface area contributed by atoms with Crippen LogP contribution >= 0.6 is 11.8 Å². The molecule has 0 spiro atoms. The Bertz CT molecular complexity index is 766. The van der Waals surface area contributed by atoms with Gasteiger partial charge in [-0.15, -0.1) is 11.8 Å². The van der Waals surface area contributed by atoms with Gasteiger partial charge in [0.05, 0.1) is 19.1 Å². The number of benzene rings is 1. The van der Waals surface area contributed by atoms with Crippen molar-refractivity contribution in [3.05, 3.63) is 23.8 Å². The van der Waals surface area contributed by atoms with Gasteiger partial charge in [0.15, 0.2) is 0 Å². The average molecular weight is 484 g/mol. The molecule has 2 aliphatic rings. The van der Waals surface area contributed by atoms with E-state index in [4.69, 9.17) is 9.47 Å². The number of halogens is 2. The van der Waals surface area contributed by atoms with Crippen LogP contribution in [0, 0.1) is 12.8 Å². The number of ether oxygens (including phenoxy) is 2. The number of unbranched alkanes of at least 4 members (excludes halogenated alkanes) is 1. The summed E-state index contributed by atoms with van der Waals surface area (Å²) in [6, 6.07) is 6.51. The molecule has 3 rings (SSSR count). The molecular formula is C26H39F2NO3S. The molecule has 2 fully saturated rings. The van der Waals surface area contributed by atoms with Crippen molar-refractivity contribution in [2.24, 2.45) is 5.92 Å². The van der Waals surface area contributed by atoms with Gasteiger partial charge in [0.25, 0.3) is 0 Å². The first-order chi connectivity index (χ1) is 15.8. The number of esters is 1. The van der Waals surface area contributed by atoms with Crippen molar-refractivity contribution in [2.75, 3.05) is 13.7 Å². The first-order valence-corrected chi connectivity index (χ1v) is 13.3. The van der Waals surface area contributed by atoms with Gasteiger partial charge in [-0.3, -0.25) is 4.79 Å². The van der Waals surface area contributed by atoms with E-state index in [0.717, 1.165) is 61.3 Å². The molecule has 1 aromatic carbocycles. The number of alkyl halides is 2. The summed E-state index contributed by atoms with van der Waals surface area (Å²) in [5.74, 6) is -1.72. The van der Waals surface area contributed by atoms with E-state index < -0.39 is 5.92 Å². The highest BCUT2D eigenvalue weighted by molar-refractivity contribution is 8.00. The second-order valence-corrected chi connectivity index (χ2v) is 11.0. The third kappa shape index (κ3) is 8.13. The topological polar surface area (TPSA) is 47.6 Å². The van der Waals surface area contributed by atoms with Crippen LogP contribution in [-0.4, -0.2) is 42.9 Å². The number of nitrogens with one attached hydrogen (secondary N) is 1. The molecule has 186 valence electrons. The van der Waals surface area contributed by atoms with Crippen LogP contribution in [0.5, 0.6) is 5.75 Å². The fourth-order valence-corrected chi connectivity index (χ4v) is 6.23. The Morgan fingerprint density at radius 2 is 1.97 bits per heavy atom. The maximum atomic E-state index is 13.3. The lowest BCUT2D eigenvalue weighted by Crippen LogP contribution is -2.37. The van der Waals surface area contributed by atoms with Gasteiger partial charge in [-0.2, -0.15) is 0 Å². The molecule has 0 aliphatic heterocycles. The maximum absolute atomic E-state index is 13.3. The zero-order valence-electron chi connectivity index (χ0n) is 20.2. The smallest absolute Gasteiger partial charge is 0.309 e. The number of carbonyl (C=O) groups excluding carboxylic acids is 1. The molecule has 3 atom stereocenters. The summed E-state index contributed by atoms with van der Waals surface area (Å²) in [5.41, 5.74) is 1.15. The zero-order chi connectivity index (χ0) is 23.8. The molecule has 1 N–H and O–H groups in total. The Morgan fingerprint density at radius 1 is 1.21 bits per heavy atom. The van der Waals surface area contributed by atoms with Crippen molar-refractivity contribution in [1.29, 1.82) is 0 Å². The minimum atomic E-state index is -2.46. The van der Waals surface area contributed by atoms with Gasteiger partial charge in [0, 0.05) is 29.0 Å².